The number of hydrogen-bond acceptors (Lipinski definition) is 4. The third-order valence-corrected chi connectivity index (χ3v) is 2.57. The molecule has 0 fully saturated rings. The van der Waals surface area contributed by atoms with Gasteiger partial charge in [0.2, 0.25) is 0 Å². The van der Waals surface area contributed by atoms with Crippen LogP contribution in [-0.2, 0) is 14.3 Å². The number of hydrogen-bond donors (Lipinski definition) is 1. The van der Waals surface area contributed by atoms with Crippen molar-refractivity contribution in [2.24, 2.45) is 0 Å². The van der Waals surface area contributed by atoms with Gasteiger partial charge in [-0.15, -0.1) is 0 Å². The summed E-state index contributed by atoms with van der Waals surface area (Å²) in [6, 6.07) is 4.05. The first-order valence-electron chi connectivity index (χ1n) is 3.42. The van der Waals surface area contributed by atoms with Crippen molar-refractivity contribution in [2.75, 3.05) is 0 Å². The van der Waals surface area contributed by atoms with E-state index in [0.29, 0.717) is 0 Å². The first-order chi connectivity index (χ1) is 6.42. The molecule has 7 heteroatoms. The van der Waals surface area contributed by atoms with Crippen molar-refractivity contribution in [2.45, 2.75) is 11.5 Å². The molecule has 0 radical (unpaired) electrons. The SMILES string of the molecule is O=S(=O)(OC(F)F)c1ccc(O)cc1. The van der Waals surface area contributed by atoms with Gasteiger partial charge in [0.25, 0.3) is 0 Å². The molecule has 0 unspecified atom stereocenters. The van der Waals surface area contributed by atoms with E-state index in [4.69, 9.17) is 5.11 Å². The average molecular weight is 224 g/mol. The van der Waals surface area contributed by atoms with Crippen molar-refractivity contribution in [1.82, 2.24) is 0 Å². The lowest BCUT2D eigenvalue weighted by molar-refractivity contribution is -0.0445. The van der Waals surface area contributed by atoms with Gasteiger partial charge in [-0.2, -0.15) is 21.4 Å². The van der Waals surface area contributed by atoms with E-state index in [1.165, 1.54) is 0 Å². The quantitative estimate of drug-likeness (QED) is 0.786. The highest BCUT2D eigenvalue weighted by atomic mass is 32.2. The standard InChI is InChI=1S/C7H6F2O4S/c8-7(9)13-14(11,12)6-3-1-5(10)2-4-6/h1-4,7,10H. The maximum absolute atomic E-state index is 11.6. The van der Waals surface area contributed by atoms with Gasteiger partial charge in [0, 0.05) is 0 Å². The first-order valence-corrected chi connectivity index (χ1v) is 4.83. The molecule has 1 aromatic carbocycles. The molecule has 0 atom stereocenters. The van der Waals surface area contributed by atoms with Gasteiger partial charge < -0.3 is 5.11 Å². The Labute approximate surface area is 78.9 Å². The van der Waals surface area contributed by atoms with Crippen LogP contribution >= 0.6 is 0 Å². The maximum atomic E-state index is 11.6. The van der Waals surface area contributed by atoms with E-state index < -0.39 is 21.6 Å². The molecule has 0 saturated heterocycles. The Kier molecular flexibility index (Phi) is 3.02. The molecule has 0 bridgehead atoms. The molecule has 0 aliphatic heterocycles. The zero-order chi connectivity index (χ0) is 10.8. The molecule has 4 nitrogen and oxygen atoms in total. The van der Waals surface area contributed by atoms with Crippen LogP contribution in [0.25, 0.3) is 0 Å². The van der Waals surface area contributed by atoms with E-state index in [-0.39, 0.29) is 5.75 Å². The summed E-state index contributed by atoms with van der Waals surface area (Å²) < 4.78 is 48.7. The fourth-order valence-corrected chi connectivity index (χ4v) is 1.54. The summed E-state index contributed by atoms with van der Waals surface area (Å²) in [6.07, 6.45) is 0. The molecule has 1 aromatic rings. The average Bonchev–Trinajstić information content (AvgIpc) is 2.02. The number of phenolic OH excluding ortho intramolecular Hbond substituents is 1. The Balaban J connectivity index is 2.99. The summed E-state index contributed by atoms with van der Waals surface area (Å²) >= 11 is 0. The number of alkyl halides is 2. The van der Waals surface area contributed by atoms with Gasteiger partial charge in [0.05, 0.1) is 4.90 Å². The molecule has 0 heterocycles. The molecule has 0 aliphatic rings. The van der Waals surface area contributed by atoms with Crippen molar-refractivity contribution < 1.29 is 26.5 Å². The monoisotopic (exact) mass is 224 g/mol. The summed E-state index contributed by atoms with van der Waals surface area (Å²) in [4.78, 5) is -0.435. The summed E-state index contributed by atoms with van der Waals surface area (Å²) in [5.74, 6) is -0.166. The zero-order valence-electron chi connectivity index (χ0n) is 6.72. The molecule has 0 saturated carbocycles. The number of aromatic hydroxyl groups is 1. The van der Waals surface area contributed by atoms with Gasteiger partial charge in [0.1, 0.15) is 5.75 Å². The number of halogens is 2. The summed E-state index contributed by atoms with van der Waals surface area (Å²) in [7, 11) is -4.44. The normalized spacial score (nSPS) is 11.9. The van der Waals surface area contributed by atoms with Gasteiger partial charge in [-0.05, 0) is 24.3 Å². The van der Waals surface area contributed by atoms with Crippen molar-refractivity contribution in [3.05, 3.63) is 24.3 Å². The fourth-order valence-electron chi connectivity index (χ4n) is 0.764. The van der Waals surface area contributed by atoms with Crippen LogP contribution in [0, 0.1) is 0 Å². The highest BCUT2D eigenvalue weighted by Gasteiger charge is 2.20. The molecule has 0 spiro atoms. The smallest absolute Gasteiger partial charge is 0.359 e. The van der Waals surface area contributed by atoms with Gasteiger partial charge in [-0.3, -0.25) is 0 Å². The number of phenols is 1. The van der Waals surface area contributed by atoms with E-state index in [2.05, 4.69) is 4.18 Å². The van der Waals surface area contributed by atoms with Crippen LogP contribution in [0.4, 0.5) is 8.78 Å². The Hall–Kier alpha value is -1.21. The van der Waals surface area contributed by atoms with Crippen LogP contribution in [0.2, 0.25) is 0 Å². The van der Waals surface area contributed by atoms with Crippen LogP contribution in [0.1, 0.15) is 0 Å². The summed E-state index contributed by atoms with van der Waals surface area (Å²) in [6.45, 7) is -3.39. The molecule has 1 rings (SSSR count). The Morgan fingerprint density at radius 2 is 1.71 bits per heavy atom. The van der Waals surface area contributed by atoms with E-state index in [1.54, 1.807) is 0 Å². The highest BCUT2D eigenvalue weighted by molar-refractivity contribution is 7.86. The molecule has 1 N–H and O–H groups in total. The molecule has 14 heavy (non-hydrogen) atoms. The first kappa shape index (κ1) is 10.9. The van der Waals surface area contributed by atoms with Crippen LogP contribution in [0.15, 0.2) is 29.2 Å². The third-order valence-electron chi connectivity index (χ3n) is 1.32. The fraction of sp³-hybridized carbons (Fsp3) is 0.143. The van der Waals surface area contributed by atoms with Crippen LogP contribution in [0.5, 0.6) is 5.75 Å². The summed E-state index contributed by atoms with van der Waals surface area (Å²) in [5.41, 5.74) is 0. The number of rotatable bonds is 3. The second kappa shape index (κ2) is 3.89. The molecule has 78 valence electrons. The largest absolute Gasteiger partial charge is 0.508 e. The predicted octanol–water partition coefficient (Wildman–Crippen LogP) is 1.32. The molecule has 0 aliphatic carbocycles. The number of benzene rings is 1. The van der Waals surface area contributed by atoms with E-state index in [0.717, 1.165) is 24.3 Å². The lowest BCUT2D eigenvalue weighted by Gasteiger charge is -2.03. The lowest BCUT2D eigenvalue weighted by atomic mass is 10.3. The molecular formula is C7H6F2O4S. The summed E-state index contributed by atoms with van der Waals surface area (Å²) in [5, 5.41) is 8.82. The Morgan fingerprint density at radius 3 is 2.14 bits per heavy atom. The topological polar surface area (TPSA) is 63.6 Å². The van der Waals surface area contributed by atoms with Gasteiger partial charge in [-0.25, -0.2) is 0 Å². The van der Waals surface area contributed by atoms with Crippen LogP contribution in [0.3, 0.4) is 0 Å². The molecule has 0 aromatic heterocycles. The predicted molar refractivity (Wildman–Crippen MR) is 42.4 cm³/mol. The van der Waals surface area contributed by atoms with Gasteiger partial charge in [-0.1, -0.05) is 0 Å². The van der Waals surface area contributed by atoms with Gasteiger partial charge in [0.15, 0.2) is 0 Å². The second-order valence-corrected chi connectivity index (χ2v) is 3.88. The Morgan fingerprint density at radius 1 is 1.21 bits per heavy atom. The van der Waals surface area contributed by atoms with Gasteiger partial charge >= 0.3 is 16.7 Å². The van der Waals surface area contributed by atoms with E-state index in [1.807, 2.05) is 0 Å². The zero-order valence-corrected chi connectivity index (χ0v) is 7.54. The minimum absolute atomic E-state index is 0.166. The lowest BCUT2D eigenvalue weighted by Crippen LogP contribution is -2.10. The molecular weight excluding hydrogens is 218 g/mol. The molecule has 0 amide bonds. The minimum atomic E-state index is -4.44. The van der Waals surface area contributed by atoms with E-state index >= 15 is 0 Å². The maximum Gasteiger partial charge on any atom is 0.359 e. The van der Waals surface area contributed by atoms with Crippen LogP contribution in [-0.4, -0.2) is 20.1 Å². The van der Waals surface area contributed by atoms with Crippen molar-refractivity contribution >= 4 is 10.1 Å². The Bertz CT molecular complexity index is 398. The van der Waals surface area contributed by atoms with E-state index in [9.17, 15) is 17.2 Å². The van der Waals surface area contributed by atoms with Crippen LogP contribution < -0.4 is 0 Å². The van der Waals surface area contributed by atoms with Crippen molar-refractivity contribution in [3.63, 3.8) is 0 Å². The third kappa shape index (κ3) is 2.64. The highest BCUT2D eigenvalue weighted by Crippen LogP contribution is 2.18. The van der Waals surface area contributed by atoms with Crippen molar-refractivity contribution in [1.29, 1.82) is 0 Å². The second-order valence-electron chi connectivity index (χ2n) is 2.30. The minimum Gasteiger partial charge on any atom is -0.508 e. The van der Waals surface area contributed by atoms with Crippen molar-refractivity contribution in [3.8, 4) is 5.75 Å².